The van der Waals surface area contributed by atoms with E-state index in [0.717, 1.165) is 0 Å². The summed E-state index contributed by atoms with van der Waals surface area (Å²) in [6, 6.07) is 9.08. The summed E-state index contributed by atoms with van der Waals surface area (Å²) in [5.74, 6) is 0.343. The van der Waals surface area contributed by atoms with Gasteiger partial charge in [-0.1, -0.05) is 6.07 Å². The van der Waals surface area contributed by atoms with Gasteiger partial charge in [0.15, 0.2) is 0 Å². The molecule has 0 fully saturated rings. The van der Waals surface area contributed by atoms with E-state index in [4.69, 9.17) is 9.84 Å². The fourth-order valence-electron chi connectivity index (χ4n) is 1.26. The van der Waals surface area contributed by atoms with E-state index in [9.17, 15) is 4.39 Å². The first-order valence-electron chi connectivity index (χ1n) is 4.77. The monoisotopic (exact) mass is 219 g/mol. The molecule has 0 saturated carbocycles. The highest BCUT2D eigenvalue weighted by Gasteiger charge is 2.00. The van der Waals surface area contributed by atoms with Crippen molar-refractivity contribution in [2.45, 2.75) is 6.61 Å². The highest BCUT2D eigenvalue weighted by Crippen LogP contribution is 2.20. The van der Waals surface area contributed by atoms with Gasteiger partial charge >= 0.3 is 0 Å². The molecule has 2 aromatic rings. The molecule has 3 nitrogen and oxygen atoms in total. The molecule has 2 rings (SSSR count). The second-order valence-electron chi connectivity index (χ2n) is 3.22. The van der Waals surface area contributed by atoms with E-state index in [1.54, 1.807) is 24.3 Å². The molecule has 0 spiro atoms. The van der Waals surface area contributed by atoms with E-state index < -0.39 is 0 Å². The zero-order valence-electron chi connectivity index (χ0n) is 8.43. The summed E-state index contributed by atoms with van der Waals surface area (Å²) in [4.78, 5) is 3.96. The normalized spacial score (nSPS) is 10.1. The van der Waals surface area contributed by atoms with Crippen molar-refractivity contribution in [3.8, 4) is 11.6 Å². The Labute approximate surface area is 92.1 Å². The summed E-state index contributed by atoms with van der Waals surface area (Å²) in [7, 11) is 0. The molecule has 4 heteroatoms. The summed E-state index contributed by atoms with van der Waals surface area (Å²) in [5, 5.41) is 8.93. The van der Waals surface area contributed by atoms with Gasteiger partial charge in [-0.15, -0.1) is 0 Å². The number of aromatic nitrogens is 1. The standard InChI is InChI=1S/C12H10FNO2/c13-10-2-1-3-11(7-10)16-12-6-9(8-15)4-5-14-12/h1-7,15H,8H2. The van der Waals surface area contributed by atoms with Crippen molar-refractivity contribution in [1.82, 2.24) is 4.98 Å². The van der Waals surface area contributed by atoms with Crippen molar-refractivity contribution in [2.75, 3.05) is 0 Å². The Morgan fingerprint density at radius 3 is 2.88 bits per heavy atom. The van der Waals surface area contributed by atoms with Gasteiger partial charge in [0.05, 0.1) is 6.61 Å². The van der Waals surface area contributed by atoms with E-state index in [0.29, 0.717) is 17.2 Å². The van der Waals surface area contributed by atoms with Crippen molar-refractivity contribution >= 4 is 0 Å². The first-order valence-corrected chi connectivity index (χ1v) is 4.77. The van der Waals surface area contributed by atoms with Crippen LogP contribution in [0.25, 0.3) is 0 Å². The first-order chi connectivity index (χ1) is 7.78. The van der Waals surface area contributed by atoms with Crippen molar-refractivity contribution in [2.24, 2.45) is 0 Å². The maximum atomic E-state index is 12.9. The molecule has 1 heterocycles. The number of hydrogen-bond acceptors (Lipinski definition) is 3. The molecule has 0 aliphatic heterocycles. The molecule has 0 aliphatic rings. The zero-order valence-corrected chi connectivity index (χ0v) is 8.43. The summed E-state index contributed by atoms with van der Waals surface area (Å²) in [6.07, 6.45) is 1.53. The molecule has 1 aromatic carbocycles. The SMILES string of the molecule is OCc1ccnc(Oc2cccc(F)c2)c1. The van der Waals surface area contributed by atoms with Crippen molar-refractivity contribution in [3.63, 3.8) is 0 Å². The minimum absolute atomic E-state index is 0.0813. The molecule has 1 N–H and O–H groups in total. The predicted molar refractivity (Wildman–Crippen MR) is 56.6 cm³/mol. The molecule has 0 aliphatic carbocycles. The van der Waals surface area contributed by atoms with E-state index in [1.165, 1.54) is 18.3 Å². The second kappa shape index (κ2) is 4.72. The number of aliphatic hydroxyl groups is 1. The van der Waals surface area contributed by atoms with E-state index in [-0.39, 0.29) is 12.4 Å². The van der Waals surface area contributed by atoms with Gasteiger partial charge < -0.3 is 9.84 Å². The Hall–Kier alpha value is -1.94. The van der Waals surface area contributed by atoms with Crippen LogP contribution in [0.4, 0.5) is 4.39 Å². The molecule has 0 unspecified atom stereocenters. The number of pyridine rings is 1. The molecule has 82 valence electrons. The van der Waals surface area contributed by atoms with Gasteiger partial charge in [0, 0.05) is 18.3 Å². The predicted octanol–water partition coefficient (Wildman–Crippen LogP) is 2.51. The Morgan fingerprint density at radius 1 is 1.25 bits per heavy atom. The highest BCUT2D eigenvalue weighted by molar-refractivity contribution is 5.29. The lowest BCUT2D eigenvalue weighted by molar-refractivity contribution is 0.281. The molecular formula is C12H10FNO2. The largest absolute Gasteiger partial charge is 0.439 e. The smallest absolute Gasteiger partial charge is 0.219 e. The Morgan fingerprint density at radius 2 is 2.12 bits per heavy atom. The van der Waals surface area contributed by atoms with E-state index in [1.807, 2.05) is 0 Å². The van der Waals surface area contributed by atoms with Crippen molar-refractivity contribution in [1.29, 1.82) is 0 Å². The number of nitrogens with zero attached hydrogens (tertiary/aromatic N) is 1. The van der Waals surface area contributed by atoms with Crippen LogP contribution in [-0.2, 0) is 6.61 Å². The number of benzene rings is 1. The summed E-state index contributed by atoms with van der Waals surface area (Å²) < 4.78 is 18.2. The molecule has 0 atom stereocenters. The highest BCUT2D eigenvalue weighted by atomic mass is 19.1. The van der Waals surface area contributed by atoms with Crippen LogP contribution in [-0.4, -0.2) is 10.1 Å². The maximum Gasteiger partial charge on any atom is 0.219 e. The Bertz CT molecular complexity index is 488. The number of rotatable bonds is 3. The van der Waals surface area contributed by atoms with Gasteiger partial charge in [-0.25, -0.2) is 9.37 Å². The Balaban J connectivity index is 2.20. The van der Waals surface area contributed by atoms with Gasteiger partial charge in [0.1, 0.15) is 11.6 Å². The minimum Gasteiger partial charge on any atom is -0.439 e. The number of hydrogen-bond donors (Lipinski definition) is 1. The van der Waals surface area contributed by atoms with E-state index in [2.05, 4.69) is 4.98 Å². The molecule has 16 heavy (non-hydrogen) atoms. The van der Waals surface area contributed by atoms with Crippen LogP contribution in [0.3, 0.4) is 0 Å². The van der Waals surface area contributed by atoms with E-state index >= 15 is 0 Å². The minimum atomic E-state index is -0.365. The molecule has 0 amide bonds. The first kappa shape index (κ1) is 10.6. The van der Waals surface area contributed by atoms with Crippen LogP contribution >= 0.6 is 0 Å². The topological polar surface area (TPSA) is 42.4 Å². The fraction of sp³-hybridized carbons (Fsp3) is 0.0833. The lowest BCUT2D eigenvalue weighted by Crippen LogP contribution is -1.90. The quantitative estimate of drug-likeness (QED) is 0.862. The van der Waals surface area contributed by atoms with Gasteiger partial charge in [-0.2, -0.15) is 0 Å². The van der Waals surface area contributed by atoms with Crippen LogP contribution in [0.2, 0.25) is 0 Å². The zero-order chi connectivity index (χ0) is 11.4. The van der Waals surface area contributed by atoms with Gasteiger partial charge in [0.25, 0.3) is 0 Å². The molecule has 1 aromatic heterocycles. The van der Waals surface area contributed by atoms with Crippen LogP contribution in [0, 0.1) is 5.82 Å². The average Bonchev–Trinajstić information content (AvgIpc) is 2.29. The van der Waals surface area contributed by atoms with Crippen molar-refractivity contribution in [3.05, 3.63) is 54.0 Å². The summed E-state index contributed by atoms with van der Waals surface area (Å²) in [5.41, 5.74) is 0.696. The van der Waals surface area contributed by atoms with Crippen LogP contribution < -0.4 is 4.74 Å². The maximum absolute atomic E-state index is 12.9. The third-order valence-corrected chi connectivity index (χ3v) is 2.00. The number of ether oxygens (including phenoxy) is 1. The van der Waals surface area contributed by atoms with Crippen molar-refractivity contribution < 1.29 is 14.2 Å². The summed E-state index contributed by atoms with van der Waals surface area (Å²) >= 11 is 0. The molecule has 0 radical (unpaired) electrons. The average molecular weight is 219 g/mol. The molecule has 0 saturated heterocycles. The molecule has 0 bridgehead atoms. The van der Waals surface area contributed by atoms with Gasteiger partial charge in [-0.05, 0) is 23.8 Å². The van der Waals surface area contributed by atoms with Crippen LogP contribution in [0.1, 0.15) is 5.56 Å². The third kappa shape index (κ3) is 2.55. The third-order valence-electron chi connectivity index (χ3n) is 2.00. The fourth-order valence-corrected chi connectivity index (χ4v) is 1.26. The lowest BCUT2D eigenvalue weighted by Gasteiger charge is -2.05. The number of aliphatic hydroxyl groups excluding tert-OH is 1. The lowest BCUT2D eigenvalue weighted by atomic mass is 10.3. The summed E-state index contributed by atoms with van der Waals surface area (Å²) in [6.45, 7) is -0.0813. The Kier molecular flexibility index (Phi) is 3.12. The van der Waals surface area contributed by atoms with Gasteiger partial charge in [-0.3, -0.25) is 0 Å². The van der Waals surface area contributed by atoms with Crippen LogP contribution in [0.5, 0.6) is 11.6 Å². The van der Waals surface area contributed by atoms with Gasteiger partial charge in [0.2, 0.25) is 5.88 Å². The van der Waals surface area contributed by atoms with Crippen LogP contribution in [0.15, 0.2) is 42.6 Å². The number of halogens is 1. The second-order valence-corrected chi connectivity index (χ2v) is 3.22. The molecular weight excluding hydrogens is 209 g/mol.